The van der Waals surface area contributed by atoms with E-state index >= 15 is 0 Å². The summed E-state index contributed by atoms with van der Waals surface area (Å²) in [6.45, 7) is 3.40. The topological polar surface area (TPSA) is 56.1 Å². The predicted octanol–water partition coefficient (Wildman–Crippen LogP) is 4.98. The Morgan fingerprint density at radius 2 is 1.57 bits per heavy atom. The zero-order valence-electron chi connectivity index (χ0n) is 16.8. The lowest BCUT2D eigenvalue weighted by atomic mass is 10.2. The van der Waals surface area contributed by atoms with Gasteiger partial charge in [-0.25, -0.2) is 4.39 Å². The summed E-state index contributed by atoms with van der Waals surface area (Å²) in [5, 5.41) is 19.9. The van der Waals surface area contributed by atoms with Crippen LogP contribution in [-0.4, -0.2) is 33.4 Å². The monoisotopic (exact) mass is 424 g/mol. The summed E-state index contributed by atoms with van der Waals surface area (Å²) in [7, 11) is 0. The first-order valence-electron chi connectivity index (χ1n) is 9.70. The molecule has 3 aromatic rings. The normalized spacial score (nSPS) is 11.5. The number of benzene rings is 3. The molecule has 156 valence electrons. The van der Waals surface area contributed by atoms with Gasteiger partial charge in [0.25, 0.3) is 0 Å². The highest BCUT2D eigenvalue weighted by atomic mass is 32.2. The van der Waals surface area contributed by atoms with Crippen molar-refractivity contribution in [2.75, 3.05) is 13.2 Å². The van der Waals surface area contributed by atoms with E-state index in [1.54, 1.807) is 24.3 Å². The first-order valence-corrected chi connectivity index (χ1v) is 10.5. The third-order valence-electron chi connectivity index (χ3n) is 4.49. The average molecular weight is 425 g/mol. The van der Waals surface area contributed by atoms with Crippen LogP contribution in [0.25, 0.3) is 0 Å². The third kappa shape index (κ3) is 6.61. The van der Waals surface area contributed by atoms with Gasteiger partial charge in [0.05, 0.1) is 13.2 Å². The number of phenolic OH excluding ortho intramolecular Hbond substituents is 1. The van der Waals surface area contributed by atoms with Crippen LogP contribution in [0.4, 0.5) is 4.39 Å². The number of hydrogen-bond acceptors (Lipinski definition) is 4. The molecule has 0 saturated heterocycles. The quantitative estimate of drug-likeness (QED) is 0.319. The molecule has 0 aromatic heterocycles. The zero-order valence-corrected chi connectivity index (χ0v) is 17.6. The number of nitrogens with zero attached hydrogens (tertiary/aromatic N) is 2. The van der Waals surface area contributed by atoms with Crippen LogP contribution >= 0.6 is 11.8 Å². The van der Waals surface area contributed by atoms with E-state index in [1.165, 1.54) is 29.5 Å². The van der Waals surface area contributed by atoms with Crippen LogP contribution in [0.3, 0.4) is 0 Å². The van der Waals surface area contributed by atoms with Gasteiger partial charge in [-0.1, -0.05) is 53.7 Å². The second kappa shape index (κ2) is 10.8. The molecule has 0 radical (unpaired) electrons. The van der Waals surface area contributed by atoms with Gasteiger partial charge in [0, 0.05) is 18.0 Å². The Balaban J connectivity index is 1.86. The van der Waals surface area contributed by atoms with Gasteiger partial charge in [0.1, 0.15) is 11.6 Å². The number of halogens is 1. The predicted molar refractivity (Wildman–Crippen MR) is 120 cm³/mol. The molecule has 0 unspecified atom stereocenters. The number of rotatable bonds is 7. The van der Waals surface area contributed by atoms with E-state index in [-0.39, 0.29) is 18.2 Å². The molecule has 0 aliphatic heterocycles. The average Bonchev–Trinajstić information content (AvgIpc) is 2.75. The molecule has 4 nitrogen and oxygen atoms in total. The highest BCUT2D eigenvalue weighted by molar-refractivity contribution is 8.13. The molecule has 3 aromatic carbocycles. The summed E-state index contributed by atoms with van der Waals surface area (Å²) in [6, 6.07) is 21.5. The van der Waals surface area contributed by atoms with E-state index in [0.29, 0.717) is 19.6 Å². The summed E-state index contributed by atoms with van der Waals surface area (Å²) >= 11 is 1.53. The second-order valence-electron chi connectivity index (χ2n) is 6.95. The number of aryl methyl sites for hydroxylation is 1. The number of hydrogen-bond donors (Lipinski definition) is 2. The first kappa shape index (κ1) is 21.9. The molecule has 0 bridgehead atoms. The Bertz CT molecular complexity index is 958. The molecule has 0 aliphatic carbocycles. The van der Waals surface area contributed by atoms with Gasteiger partial charge in [0.2, 0.25) is 0 Å². The van der Waals surface area contributed by atoms with E-state index in [4.69, 9.17) is 4.99 Å². The third-order valence-corrected chi connectivity index (χ3v) is 5.57. The zero-order chi connectivity index (χ0) is 21.3. The van der Waals surface area contributed by atoms with Gasteiger partial charge in [-0.15, -0.1) is 0 Å². The van der Waals surface area contributed by atoms with Crippen LogP contribution in [-0.2, 0) is 13.1 Å². The number of aliphatic hydroxyl groups is 1. The molecule has 6 heteroatoms. The lowest BCUT2D eigenvalue weighted by Gasteiger charge is -2.25. The van der Waals surface area contributed by atoms with Crippen molar-refractivity contribution >= 4 is 16.9 Å². The summed E-state index contributed by atoms with van der Waals surface area (Å²) < 4.78 is 13.2. The largest absolute Gasteiger partial charge is 0.508 e. The first-order chi connectivity index (χ1) is 14.5. The molecule has 0 aliphatic rings. The van der Waals surface area contributed by atoms with E-state index in [2.05, 4.69) is 12.1 Å². The van der Waals surface area contributed by atoms with Crippen molar-refractivity contribution < 1.29 is 14.6 Å². The van der Waals surface area contributed by atoms with E-state index < -0.39 is 0 Å². The smallest absolute Gasteiger partial charge is 0.164 e. The Morgan fingerprint density at radius 3 is 2.20 bits per heavy atom. The van der Waals surface area contributed by atoms with Crippen LogP contribution in [0.1, 0.15) is 16.7 Å². The molecular formula is C24H25FN2O2S. The van der Waals surface area contributed by atoms with Crippen molar-refractivity contribution in [1.82, 2.24) is 4.90 Å². The number of aromatic hydroxyl groups is 1. The van der Waals surface area contributed by atoms with Gasteiger partial charge in [-0.2, -0.15) is 0 Å². The van der Waals surface area contributed by atoms with Gasteiger partial charge in [-0.3, -0.25) is 4.99 Å². The molecule has 0 fully saturated rings. The molecule has 0 saturated carbocycles. The second-order valence-corrected chi connectivity index (χ2v) is 7.99. The minimum atomic E-state index is -0.272. The van der Waals surface area contributed by atoms with Gasteiger partial charge in [-0.05, 0) is 54.4 Å². The van der Waals surface area contributed by atoms with E-state index in [9.17, 15) is 14.6 Å². The van der Waals surface area contributed by atoms with Crippen molar-refractivity contribution in [3.05, 3.63) is 95.3 Å². The highest BCUT2D eigenvalue weighted by Crippen LogP contribution is 2.24. The van der Waals surface area contributed by atoms with Crippen LogP contribution in [0.5, 0.6) is 5.75 Å². The number of phenols is 1. The van der Waals surface area contributed by atoms with Crippen molar-refractivity contribution in [3.63, 3.8) is 0 Å². The van der Waals surface area contributed by atoms with Crippen molar-refractivity contribution in [1.29, 1.82) is 0 Å². The van der Waals surface area contributed by atoms with E-state index in [1.807, 2.05) is 36.1 Å². The summed E-state index contributed by atoms with van der Waals surface area (Å²) in [4.78, 5) is 7.86. The number of aliphatic hydroxyl groups excluding tert-OH is 1. The minimum Gasteiger partial charge on any atom is -0.508 e. The molecule has 0 heterocycles. The van der Waals surface area contributed by atoms with Gasteiger partial charge < -0.3 is 15.1 Å². The highest BCUT2D eigenvalue weighted by Gasteiger charge is 2.14. The molecule has 0 atom stereocenters. The summed E-state index contributed by atoms with van der Waals surface area (Å²) in [6.07, 6.45) is 0. The SMILES string of the molecule is Cc1ccc(SC(=NCc2ccc(F)cc2)N(CCO)Cc2ccc(O)cc2)cc1. The van der Waals surface area contributed by atoms with Crippen LogP contribution in [0.2, 0.25) is 0 Å². The Kier molecular flexibility index (Phi) is 7.88. The Morgan fingerprint density at radius 1 is 0.933 bits per heavy atom. The van der Waals surface area contributed by atoms with Gasteiger partial charge >= 0.3 is 0 Å². The number of aliphatic imine (C=N–C) groups is 1. The molecule has 0 spiro atoms. The van der Waals surface area contributed by atoms with Crippen molar-refractivity contribution in [2.24, 2.45) is 4.99 Å². The maximum atomic E-state index is 13.2. The standard InChI is InChI=1S/C24H25FN2O2S/c1-18-2-12-23(13-3-18)30-24(26-16-19-4-8-21(25)9-5-19)27(14-15-28)17-20-6-10-22(29)11-7-20/h2-13,28-29H,14-17H2,1H3. The lowest BCUT2D eigenvalue weighted by molar-refractivity contribution is 0.248. The number of amidine groups is 1. The molecule has 0 amide bonds. The van der Waals surface area contributed by atoms with Crippen LogP contribution in [0.15, 0.2) is 82.7 Å². The summed E-state index contributed by atoms with van der Waals surface area (Å²) in [5.41, 5.74) is 3.09. The molecule has 3 rings (SSSR count). The fourth-order valence-corrected chi connectivity index (χ4v) is 3.74. The van der Waals surface area contributed by atoms with Crippen LogP contribution < -0.4 is 0 Å². The summed E-state index contributed by atoms with van der Waals surface area (Å²) in [5.74, 6) is -0.0575. The molecule has 2 N–H and O–H groups in total. The molecular weight excluding hydrogens is 399 g/mol. The van der Waals surface area contributed by atoms with Crippen molar-refractivity contribution in [3.8, 4) is 5.75 Å². The minimum absolute atomic E-state index is 0.0118. The van der Waals surface area contributed by atoms with Crippen LogP contribution in [0, 0.1) is 12.7 Å². The fourth-order valence-electron chi connectivity index (χ4n) is 2.84. The Labute approximate surface area is 180 Å². The number of thioether (sulfide) groups is 1. The fraction of sp³-hybridized carbons (Fsp3) is 0.208. The van der Waals surface area contributed by atoms with E-state index in [0.717, 1.165) is 21.2 Å². The Hall–Kier alpha value is -2.83. The maximum absolute atomic E-state index is 13.2. The maximum Gasteiger partial charge on any atom is 0.164 e. The van der Waals surface area contributed by atoms with Gasteiger partial charge in [0.15, 0.2) is 5.17 Å². The molecule has 30 heavy (non-hydrogen) atoms. The lowest BCUT2D eigenvalue weighted by Crippen LogP contribution is -2.31. The van der Waals surface area contributed by atoms with Crippen molar-refractivity contribution in [2.45, 2.75) is 24.9 Å².